The first kappa shape index (κ1) is 12.1. The number of nitrogens with one attached hydrogen (secondary N) is 3. The van der Waals surface area contributed by atoms with Crippen molar-refractivity contribution in [2.24, 2.45) is 0 Å². The minimum atomic E-state index is -0.0425. The average Bonchev–Trinajstić information content (AvgIpc) is 2.83. The van der Waals surface area contributed by atoms with Gasteiger partial charge in [0.25, 0.3) is 5.91 Å². The predicted molar refractivity (Wildman–Crippen MR) is 75.6 cm³/mol. The Labute approximate surface area is 112 Å². The van der Waals surface area contributed by atoms with E-state index >= 15 is 0 Å². The molecule has 1 fully saturated rings. The Hall–Kier alpha value is -1.91. The number of hydrogen-bond donors (Lipinski definition) is 3. The minimum Gasteiger partial charge on any atom is -0.335 e. The van der Waals surface area contributed by atoms with Gasteiger partial charge in [0.1, 0.15) is 0 Å². The summed E-state index contributed by atoms with van der Waals surface area (Å²) in [5.41, 5.74) is 6.85. The van der Waals surface area contributed by atoms with Gasteiger partial charge in [-0.2, -0.15) is 0 Å². The van der Waals surface area contributed by atoms with Gasteiger partial charge in [-0.05, 0) is 36.2 Å². The fourth-order valence-electron chi connectivity index (χ4n) is 2.38. The Balaban J connectivity index is 1.77. The van der Waals surface area contributed by atoms with E-state index in [4.69, 9.17) is 0 Å². The van der Waals surface area contributed by atoms with Crippen LogP contribution in [0.4, 0.5) is 0 Å². The molecule has 0 saturated carbocycles. The largest absolute Gasteiger partial charge is 0.335 e. The van der Waals surface area contributed by atoms with Gasteiger partial charge in [-0.15, -0.1) is 0 Å². The zero-order valence-corrected chi connectivity index (χ0v) is 10.8. The maximum atomic E-state index is 12.2. The first-order chi connectivity index (χ1) is 9.22. The van der Waals surface area contributed by atoms with E-state index in [9.17, 15) is 4.79 Å². The number of rotatable bonds is 2. The van der Waals surface area contributed by atoms with Gasteiger partial charge in [-0.25, -0.2) is 5.43 Å². The summed E-state index contributed by atoms with van der Waals surface area (Å²) in [4.78, 5) is 12.2. The monoisotopic (exact) mass is 255 g/mol. The molecule has 98 valence electrons. The second-order valence-electron chi connectivity index (χ2n) is 5.01. The van der Waals surface area contributed by atoms with E-state index < -0.39 is 0 Å². The summed E-state index contributed by atoms with van der Waals surface area (Å²) in [7, 11) is 0. The van der Waals surface area contributed by atoms with Gasteiger partial charge in [0.2, 0.25) is 0 Å². The Kier molecular flexibility index (Phi) is 3.19. The van der Waals surface area contributed by atoms with Crippen molar-refractivity contribution in [1.29, 1.82) is 0 Å². The van der Waals surface area contributed by atoms with Crippen LogP contribution < -0.4 is 16.2 Å². The molecule has 4 nitrogen and oxygen atoms in total. The minimum absolute atomic E-state index is 0.00558. The fraction of sp³-hybridized carbons (Fsp3) is 0.267. The maximum absolute atomic E-state index is 12.2. The molecule has 1 aliphatic heterocycles. The molecule has 2 atom stereocenters. The smallest absolute Gasteiger partial charge is 0.252 e. The zero-order chi connectivity index (χ0) is 13.2. The van der Waals surface area contributed by atoms with E-state index in [0.717, 1.165) is 17.2 Å². The molecule has 1 aliphatic rings. The van der Waals surface area contributed by atoms with Crippen molar-refractivity contribution in [2.75, 3.05) is 0 Å². The molecule has 0 aliphatic carbocycles. The van der Waals surface area contributed by atoms with Crippen LogP contribution >= 0.6 is 0 Å². The molecular formula is C15H17N3O. The Morgan fingerprint density at radius 3 is 2.68 bits per heavy atom. The first-order valence-electron chi connectivity index (χ1n) is 6.53. The lowest BCUT2D eigenvalue weighted by Crippen LogP contribution is -2.44. The summed E-state index contributed by atoms with van der Waals surface area (Å²) >= 11 is 0. The van der Waals surface area contributed by atoms with Crippen LogP contribution in [0.5, 0.6) is 0 Å². The molecule has 0 spiro atoms. The lowest BCUT2D eigenvalue weighted by molar-refractivity contribution is 0.0932. The fourth-order valence-corrected chi connectivity index (χ4v) is 2.38. The standard InChI is InChI=1S/C15H17N3O/c1-10-8-14(18-17-10)16-15(19)13-7-6-11-4-2-3-5-12(11)9-13/h2-7,9-10,14,17-18H,8H2,1H3,(H,16,19). The number of carbonyl (C=O) groups is 1. The van der Waals surface area contributed by atoms with Crippen molar-refractivity contribution in [3.63, 3.8) is 0 Å². The highest BCUT2D eigenvalue weighted by molar-refractivity contribution is 5.98. The molecule has 2 aromatic carbocycles. The van der Waals surface area contributed by atoms with Gasteiger partial charge in [0.05, 0.1) is 6.17 Å². The molecule has 4 heteroatoms. The second kappa shape index (κ2) is 4.99. The highest BCUT2D eigenvalue weighted by atomic mass is 16.1. The Bertz CT molecular complexity index is 611. The number of benzene rings is 2. The van der Waals surface area contributed by atoms with Crippen LogP contribution in [0.3, 0.4) is 0 Å². The highest BCUT2D eigenvalue weighted by Crippen LogP contribution is 2.15. The predicted octanol–water partition coefficient (Wildman–Crippen LogP) is 1.78. The first-order valence-corrected chi connectivity index (χ1v) is 6.53. The summed E-state index contributed by atoms with van der Waals surface area (Å²) < 4.78 is 0. The van der Waals surface area contributed by atoms with Crippen LogP contribution in [-0.2, 0) is 0 Å². The molecule has 1 saturated heterocycles. The molecule has 3 rings (SSSR count). The zero-order valence-electron chi connectivity index (χ0n) is 10.8. The molecule has 1 heterocycles. The summed E-state index contributed by atoms with van der Waals surface area (Å²) in [6.07, 6.45) is 0.883. The maximum Gasteiger partial charge on any atom is 0.252 e. The van der Waals surface area contributed by atoms with Crippen molar-refractivity contribution in [3.8, 4) is 0 Å². The van der Waals surface area contributed by atoms with E-state index in [1.54, 1.807) is 0 Å². The van der Waals surface area contributed by atoms with E-state index in [0.29, 0.717) is 11.6 Å². The van der Waals surface area contributed by atoms with Crippen molar-refractivity contribution in [1.82, 2.24) is 16.2 Å². The normalized spacial score (nSPS) is 22.6. The van der Waals surface area contributed by atoms with E-state index in [-0.39, 0.29) is 12.1 Å². The molecule has 19 heavy (non-hydrogen) atoms. The lowest BCUT2D eigenvalue weighted by atomic mass is 10.1. The van der Waals surface area contributed by atoms with Gasteiger partial charge >= 0.3 is 0 Å². The van der Waals surface area contributed by atoms with E-state index in [1.165, 1.54) is 0 Å². The highest BCUT2D eigenvalue weighted by Gasteiger charge is 2.21. The molecule has 1 amide bonds. The number of carbonyl (C=O) groups excluding carboxylic acids is 1. The Morgan fingerprint density at radius 1 is 1.16 bits per heavy atom. The SMILES string of the molecule is CC1CC(NC(=O)c2ccc3ccccc3c2)NN1. The molecule has 2 aromatic rings. The van der Waals surface area contributed by atoms with Crippen LogP contribution in [0, 0.1) is 0 Å². The van der Waals surface area contributed by atoms with Crippen molar-refractivity contribution in [2.45, 2.75) is 25.6 Å². The summed E-state index contributed by atoms with van der Waals surface area (Å²) in [5.74, 6) is -0.0425. The van der Waals surface area contributed by atoms with Crippen molar-refractivity contribution in [3.05, 3.63) is 48.0 Å². The second-order valence-corrected chi connectivity index (χ2v) is 5.01. The quantitative estimate of drug-likeness (QED) is 0.766. The lowest BCUT2D eigenvalue weighted by Gasteiger charge is -2.12. The van der Waals surface area contributed by atoms with E-state index in [2.05, 4.69) is 23.1 Å². The third-order valence-electron chi connectivity index (χ3n) is 3.41. The topological polar surface area (TPSA) is 53.2 Å². The van der Waals surface area contributed by atoms with Gasteiger partial charge in [0.15, 0.2) is 0 Å². The van der Waals surface area contributed by atoms with Crippen molar-refractivity contribution >= 4 is 16.7 Å². The third kappa shape index (κ3) is 2.59. The van der Waals surface area contributed by atoms with Crippen LogP contribution in [0.1, 0.15) is 23.7 Å². The van der Waals surface area contributed by atoms with Gasteiger partial charge < -0.3 is 5.32 Å². The number of hydrazine groups is 1. The third-order valence-corrected chi connectivity index (χ3v) is 3.41. The molecule has 0 radical (unpaired) electrons. The van der Waals surface area contributed by atoms with Gasteiger partial charge in [-0.1, -0.05) is 30.3 Å². The summed E-state index contributed by atoms with van der Waals surface area (Å²) in [6.45, 7) is 2.08. The number of amides is 1. The number of hydrogen-bond acceptors (Lipinski definition) is 3. The van der Waals surface area contributed by atoms with Gasteiger partial charge in [-0.3, -0.25) is 10.2 Å². The van der Waals surface area contributed by atoms with Crippen molar-refractivity contribution < 1.29 is 4.79 Å². The number of fused-ring (bicyclic) bond motifs is 1. The molecule has 0 bridgehead atoms. The average molecular weight is 255 g/mol. The van der Waals surface area contributed by atoms with Crippen LogP contribution in [0.2, 0.25) is 0 Å². The molecule has 3 N–H and O–H groups in total. The molecule has 2 unspecified atom stereocenters. The van der Waals surface area contributed by atoms with Crippen LogP contribution in [-0.4, -0.2) is 18.1 Å². The van der Waals surface area contributed by atoms with Crippen LogP contribution in [0.15, 0.2) is 42.5 Å². The summed E-state index contributed by atoms with van der Waals surface area (Å²) in [6, 6.07) is 14.2. The Morgan fingerprint density at radius 2 is 1.95 bits per heavy atom. The molecule has 0 aromatic heterocycles. The molecular weight excluding hydrogens is 238 g/mol. The van der Waals surface area contributed by atoms with Crippen LogP contribution in [0.25, 0.3) is 10.8 Å². The van der Waals surface area contributed by atoms with Gasteiger partial charge in [0, 0.05) is 11.6 Å². The van der Waals surface area contributed by atoms with E-state index in [1.807, 2.05) is 42.5 Å². The summed E-state index contributed by atoms with van der Waals surface area (Å²) in [5, 5.41) is 5.21.